The number of anilines is 3. The largest absolute Gasteiger partial charge is 0.465 e. The maximum absolute atomic E-state index is 11.2. The molecule has 0 saturated carbocycles. The topological polar surface area (TPSA) is 90.8 Å². The van der Waals surface area contributed by atoms with Crippen LogP contribution in [0.15, 0.2) is 30.5 Å². The molecule has 2 aliphatic rings. The van der Waals surface area contributed by atoms with Crippen LogP contribution in [0.1, 0.15) is 24.1 Å². The zero-order valence-corrected chi connectivity index (χ0v) is 16.0. The molecule has 1 fully saturated rings. The van der Waals surface area contributed by atoms with E-state index in [0.717, 1.165) is 42.9 Å². The van der Waals surface area contributed by atoms with Gasteiger partial charge >= 0.3 is 6.09 Å². The van der Waals surface area contributed by atoms with Crippen molar-refractivity contribution in [2.24, 2.45) is 0 Å². The van der Waals surface area contributed by atoms with Crippen molar-refractivity contribution in [3.63, 3.8) is 0 Å². The van der Waals surface area contributed by atoms with Crippen molar-refractivity contribution >= 4 is 23.4 Å². The number of methoxy groups -OCH3 is 1. The normalized spacial score (nSPS) is 17.3. The summed E-state index contributed by atoms with van der Waals surface area (Å²) in [6, 6.07) is 8.23. The number of carbonyl (C=O) groups is 1. The lowest BCUT2D eigenvalue weighted by atomic mass is 10.1. The first-order valence-corrected chi connectivity index (χ1v) is 9.60. The smallest absolute Gasteiger partial charge is 0.407 e. The molecule has 1 aromatic carbocycles. The molecule has 148 valence electrons. The molecule has 3 heterocycles. The van der Waals surface area contributed by atoms with E-state index in [1.54, 1.807) is 13.3 Å². The lowest BCUT2D eigenvalue weighted by Gasteiger charge is -2.33. The Morgan fingerprint density at radius 1 is 1.21 bits per heavy atom. The lowest BCUT2D eigenvalue weighted by molar-refractivity contribution is 0.0819. The number of nitrogens with one attached hydrogen (secondary N) is 1. The number of benzene rings is 1. The van der Waals surface area contributed by atoms with Crippen molar-refractivity contribution in [2.45, 2.75) is 31.9 Å². The molecule has 4 rings (SSSR count). The minimum atomic E-state index is -0.913. The fourth-order valence-corrected chi connectivity index (χ4v) is 3.76. The molecule has 8 nitrogen and oxygen atoms in total. The number of fused-ring (bicyclic) bond motifs is 1. The third-order valence-electron chi connectivity index (χ3n) is 5.48. The molecule has 2 N–H and O–H groups in total. The summed E-state index contributed by atoms with van der Waals surface area (Å²) >= 11 is 0. The summed E-state index contributed by atoms with van der Waals surface area (Å²) < 4.78 is 5.43. The first kappa shape index (κ1) is 18.5. The molecule has 0 atom stereocenters. The van der Waals surface area contributed by atoms with Gasteiger partial charge in [-0.1, -0.05) is 0 Å². The van der Waals surface area contributed by atoms with Gasteiger partial charge in [-0.2, -0.15) is 0 Å². The van der Waals surface area contributed by atoms with Gasteiger partial charge in [0, 0.05) is 44.3 Å². The Hall–Kier alpha value is -2.87. The van der Waals surface area contributed by atoms with Crippen LogP contribution in [0.2, 0.25) is 0 Å². The van der Waals surface area contributed by atoms with Crippen LogP contribution in [0.4, 0.5) is 22.1 Å². The first-order chi connectivity index (χ1) is 13.6. The third-order valence-corrected chi connectivity index (χ3v) is 5.48. The summed E-state index contributed by atoms with van der Waals surface area (Å²) in [5.74, 6) is 0.486. The Labute approximate surface area is 164 Å². The van der Waals surface area contributed by atoms with E-state index in [-0.39, 0.29) is 0 Å². The summed E-state index contributed by atoms with van der Waals surface area (Å²) in [6.45, 7) is 2.79. The standard InChI is InChI=1S/C20H25N5O3/c1-28-17-7-10-24(11-8-17)16-4-2-15(3-5-16)22-19-21-12-14-6-9-25(20(26)27)13-18(14)23-19/h2-5,12,17H,6-11,13H2,1H3,(H,26,27)(H,21,22,23). The van der Waals surface area contributed by atoms with Crippen molar-refractivity contribution < 1.29 is 14.6 Å². The van der Waals surface area contributed by atoms with E-state index in [1.165, 1.54) is 10.6 Å². The average Bonchev–Trinajstić information content (AvgIpc) is 2.74. The van der Waals surface area contributed by atoms with Gasteiger partial charge in [0.25, 0.3) is 0 Å². The Morgan fingerprint density at radius 3 is 2.64 bits per heavy atom. The number of hydrogen-bond acceptors (Lipinski definition) is 6. The Morgan fingerprint density at radius 2 is 1.96 bits per heavy atom. The van der Waals surface area contributed by atoms with Gasteiger partial charge in [-0.05, 0) is 49.1 Å². The molecule has 1 amide bonds. The van der Waals surface area contributed by atoms with Crippen LogP contribution < -0.4 is 10.2 Å². The van der Waals surface area contributed by atoms with E-state index in [0.29, 0.717) is 31.6 Å². The molecule has 0 bridgehead atoms. The number of piperidine rings is 1. The highest BCUT2D eigenvalue weighted by molar-refractivity contribution is 5.65. The second kappa shape index (κ2) is 8.02. The number of rotatable bonds is 4. The van der Waals surface area contributed by atoms with Crippen LogP contribution in [0.25, 0.3) is 0 Å². The summed E-state index contributed by atoms with van der Waals surface area (Å²) in [6.07, 6.45) is 3.99. The maximum Gasteiger partial charge on any atom is 0.407 e. The van der Waals surface area contributed by atoms with Crippen LogP contribution in [0.5, 0.6) is 0 Å². The molecule has 8 heteroatoms. The first-order valence-electron chi connectivity index (χ1n) is 9.60. The maximum atomic E-state index is 11.2. The molecule has 0 aliphatic carbocycles. The highest BCUT2D eigenvalue weighted by Crippen LogP contribution is 2.24. The molecule has 2 aromatic rings. The van der Waals surface area contributed by atoms with Crippen LogP contribution in [-0.2, 0) is 17.7 Å². The van der Waals surface area contributed by atoms with E-state index in [4.69, 9.17) is 4.74 Å². The monoisotopic (exact) mass is 383 g/mol. The summed E-state index contributed by atoms with van der Waals surface area (Å²) in [5.41, 5.74) is 3.88. The molecule has 28 heavy (non-hydrogen) atoms. The third kappa shape index (κ3) is 4.01. The summed E-state index contributed by atoms with van der Waals surface area (Å²) in [4.78, 5) is 23.8. The minimum absolute atomic E-state index is 0.304. The number of nitrogens with zero attached hydrogens (tertiary/aromatic N) is 4. The molecule has 0 unspecified atom stereocenters. The molecule has 2 aliphatic heterocycles. The fraction of sp³-hybridized carbons (Fsp3) is 0.450. The van der Waals surface area contributed by atoms with Gasteiger partial charge in [0.15, 0.2) is 0 Å². The Balaban J connectivity index is 1.41. The number of amides is 1. The fourth-order valence-electron chi connectivity index (χ4n) is 3.76. The average molecular weight is 383 g/mol. The predicted molar refractivity (Wildman–Crippen MR) is 106 cm³/mol. The van der Waals surface area contributed by atoms with Gasteiger partial charge in [0.1, 0.15) is 0 Å². The minimum Gasteiger partial charge on any atom is -0.465 e. The molecular weight excluding hydrogens is 358 g/mol. The number of aromatic nitrogens is 2. The van der Waals surface area contributed by atoms with Gasteiger partial charge in [-0.25, -0.2) is 14.8 Å². The van der Waals surface area contributed by atoms with Crippen molar-refractivity contribution in [3.05, 3.63) is 41.7 Å². The lowest BCUT2D eigenvalue weighted by Crippen LogP contribution is -2.36. The second-order valence-electron chi connectivity index (χ2n) is 7.21. The SMILES string of the molecule is COC1CCN(c2ccc(Nc3ncc4c(n3)CN(C(=O)O)CC4)cc2)CC1. The predicted octanol–water partition coefficient (Wildman–Crippen LogP) is 2.87. The summed E-state index contributed by atoms with van der Waals surface area (Å²) in [7, 11) is 1.78. The van der Waals surface area contributed by atoms with Crippen molar-refractivity contribution in [2.75, 3.05) is 37.0 Å². The number of ether oxygens (including phenoxy) is 1. The molecule has 1 aromatic heterocycles. The van der Waals surface area contributed by atoms with Crippen molar-refractivity contribution in [3.8, 4) is 0 Å². The van der Waals surface area contributed by atoms with E-state index in [9.17, 15) is 9.90 Å². The van der Waals surface area contributed by atoms with E-state index >= 15 is 0 Å². The van der Waals surface area contributed by atoms with Crippen LogP contribution in [0, 0.1) is 0 Å². The molecular formula is C20H25N5O3. The van der Waals surface area contributed by atoms with Gasteiger partial charge < -0.3 is 25.0 Å². The second-order valence-corrected chi connectivity index (χ2v) is 7.21. The highest BCUT2D eigenvalue weighted by atomic mass is 16.5. The van der Waals surface area contributed by atoms with Crippen molar-refractivity contribution in [1.82, 2.24) is 14.9 Å². The van der Waals surface area contributed by atoms with Gasteiger partial charge in [-0.3, -0.25) is 0 Å². The quantitative estimate of drug-likeness (QED) is 0.839. The Kier molecular flexibility index (Phi) is 5.29. The van der Waals surface area contributed by atoms with E-state index < -0.39 is 6.09 Å². The highest BCUT2D eigenvalue weighted by Gasteiger charge is 2.22. The van der Waals surface area contributed by atoms with E-state index in [2.05, 4.69) is 32.3 Å². The molecule has 0 spiro atoms. The summed E-state index contributed by atoms with van der Waals surface area (Å²) in [5, 5.41) is 12.4. The van der Waals surface area contributed by atoms with Crippen molar-refractivity contribution in [1.29, 1.82) is 0 Å². The van der Waals surface area contributed by atoms with Gasteiger partial charge in [0.05, 0.1) is 18.3 Å². The van der Waals surface area contributed by atoms with Crippen LogP contribution in [0.3, 0.4) is 0 Å². The van der Waals surface area contributed by atoms with Gasteiger partial charge in [0.2, 0.25) is 5.95 Å². The van der Waals surface area contributed by atoms with Gasteiger partial charge in [-0.15, -0.1) is 0 Å². The number of carboxylic acid groups (broad SMARTS) is 1. The molecule has 0 radical (unpaired) electrons. The Bertz CT molecular complexity index is 834. The molecule has 1 saturated heterocycles. The van der Waals surface area contributed by atoms with Crippen LogP contribution in [-0.4, -0.2) is 58.9 Å². The zero-order chi connectivity index (χ0) is 19.5. The number of hydrogen-bond donors (Lipinski definition) is 2. The zero-order valence-electron chi connectivity index (χ0n) is 16.0. The van der Waals surface area contributed by atoms with E-state index in [1.807, 2.05) is 12.1 Å². The van der Waals surface area contributed by atoms with Crippen LogP contribution >= 0.6 is 0 Å².